The van der Waals surface area contributed by atoms with Crippen molar-refractivity contribution in [2.24, 2.45) is 0 Å². The summed E-state index contributed by atoms with van der Waals surface area (Å²) in [6, 6.07) is 174. The quantitative estimate of drug-likeness (QED) is 0.134. The number of fused-ring (bicyclic) bond motifs is 25. The Bertz CT molecular complexity index is 9740. The van der Waals surface area contributed by atoms with E-state index >= 15 is 0 Å². The summed E-state index contributed by atoms with van der Waals surface area (Å²) in [5.74, 6) is 0. The van der Waals surface area contributed by atoms with Crippen molar-refractivity contribution in [1.29, 1.82) is 15.8 Å². The molecule has 0 fully saturated rings. The molecule has 0 unspecified atom stereocenters. The topological polar surface area (TPSA) is 99.0 Å². The van der Waals surface area contributed by atoms with Crippen molar-refractivity contribution in [3.8, 4) is 102 Å². The molecule has 0 radical (unpaired) electrons. The number of nitrogens with zero attached hydrogens (tertiary/aromatic N) is 7. The third kappa shape index (κ3) is 13.4. The average Bonchev–Trinajstić information content (AvgIpc) is 1.68. The van der Waals surface area contributed by atoms with Crippen LogP contribution >= 0.6 is 0 Å². The van der Waals surface area contributed by atoms with Gasteiger partial charge in [0, 0.05) is 67.3 Å². The summed E-state index contributed by atoms with van der Waals surface area (Å²) in [5, 5.41) is 60.9. The van der Waals surface area contributed by atoms with Crippen molar-refractivity contribution in [3.63, 3.8) is 0 Å². The Morgan fingerprint density at radius 1 is 0.158 bits per heavy atom. The van der Waals surface area contributed by atoms with Gasteiger partial charge in [0.1, 0.15) is 0 Å². The first-order valence-corrected chi connectivity index (χ1v) is 47.0. The lowest BCUT2D eigenvalue weighted by atomic mass is 9.86. The highest BCUT2D eigenvalue weighted by atomic mass is 15.0. The Morgan fingerprint density at radius 3 is 0.734 bits per heavy atom. The highest BCUT2D eigenvalue weighted by Gasteiger charge is 2.25. The number of pyridine rings is 1. The fourth-order valence-corrected chi connectivity index (χ4v) is 22.2. The minimum absolute atomic E-state index is 0.653. The van der Waals surface area contributed by atoms with E-state index < -0.39 is 0 Å². The Kier molecular flexibility index (Phi) is 19.3. The van der Waals surface area contributed by atoms with Gasteiger partial charge in [0.05, 0.1) is 68.0 Å². The molecule has 7 nitrogen and oxygen atoms in total. The highest BCUT2D eigenvalue weighted by Crippen LogP contribution is 2.50. The molecule has 0 saturated heterocycles. The zero-order valence-electron chi connectivity index (χ0n) is 75.2. The number of rotatable bonds is 9. The first-order chi connectivity index (χ1) is 68.8. The van der Waals surface area contributed by atoms with Crippen LogP contribution in [0.4, 0.5) is 0 Å². The maximum Gasteiger partial charge on any atom is 0.0992 e. The summed E-state index contributed by atoms with van der Waals surface area (Å²) in [7, 11) is 0. The normalized spacial score (nSPS) is 11.6. The largest absolute Gasteiger partial charge is 0.309 e. The number of benzene rings is 24. The lowest BCUT2D eigenvalue weighted by Gasteiger charge is -2.17. The van der Waals surface area contributed by atoms with E-state index in [2.05, 4.69) is 443 Å². The van der Waals surface area contributed by atoms with Gasteiger partial charge in [0.25, 0.3) is 0 Å². The molecule has 0 aliphatic carbocycles. The van der Waals surface area contributed by atoms with Crippen LogP contribution in [-0.2, 0) is 0 Å². The molecule has 28 aromatic rings. The van der Waals surface area contributed by atoms with Gasteiger partial charge in [0.2, 0.25) is 0 Å². The van der Waals surface area contributed by atoms with E-state index in [1.807, 2.05) is 73.1 Å². The lowest BCUT2D eigenvalue weighted by molar-refractivity contribution is 1.18. The standard InChI is InChI=1S/C47H28N2.C43H26N2.C42H25N3/c48-29-30-21-23-40-41-24-22-32(26-47(41)49(46(40)25-30)33-13-2-1-3-14-33)42-27-44-39-19-9-8-18-38(39)43(28-45(44)37-17-7-6-16-36(37)42)35-20-10-12-31-11-4-5-15-34(31)35;44-27-28-19-21-36-37-22-20-30(24-43(37)45(42(36)23-28)31-13-5-2-6-14-31)39-26-41-34-17-9-7-15-32(34)38(29-11-3-1-4-12-29)25-40(41)35-18-10-8-16-33(35)39;43-25-27-16-18-35-36-19-17-28(22-42(36)45(41(35)21-27)30-10-2-1-3-11-30)37-23-39-34-15-7-5-13-32(34)38(29-9-8-20-44-26-29)24-40(39)33-14-6-4-12-31(33)37/h1-28H;1-26H;1-24,26H. The van der Waals surface area contributed by atoms with E-state index in [1.54, 1.807) is 0 Å². The number of hydrogen-bond acceptors (Lipinski definition) is 4. The molecule has 24 aromatic carbocycles. The van der Waals surface area contributed by atoms with Crippen LogP contribution in [0, 0.1) is 34.0 Å². The minimum Gasteiger partial charge on any atom is -0.309 e. The molecule has 4 aromatic heterocycles. The van der Waals surface area contributed by atoms with E-state index in [4.69, 9.17) is 0 Å². The second-order valence-electron chi connectivity index (χ2n) is 36.0. The summed E-state index contributed by atoms with van der Waals surface area (Å²) in [6.45, 7) is 0. The third-order valence-electron chi connectivity index (χ3n) is 28.4. The van der Waals surface area contributed by atoms with E-state index in [1.165, 1.54) is 168 Å². The lowest BCUT2D eigenvalue weighted by Crippen LogP contribution is -1.94. The molecule has 4 heterocycles. The summed E-state index contributed by atoms with van der Waals surface area (Å²) in [4.78, 5) is 4.43. The van der Waals surface area contributed by atoms with Crippen LogP contribution in [0.5, 0.6) is 0 Å². The zero-order valence-corrected chi connectivity index (χ0v) is 75.2. The van der Waals surface area contributed by atoms with E-state index in [9.17, 15) is 15.8 Å². The number of aromatic nitrogens is 4. The molecule has 0 atom stereocenters. The molecule has 642 valence electrons. The SMILES string of the molecule is N#Cc1ccc2c3ccc(-c4cc5c6ccccc6c(-c6cccc7ccccc67)cc5c5ccccc45)cc3n(-c3ccccc3)c2c1.N#Cc1ccc2c3ccc(-c4cc5c6ccccc6c(-c6ccccc6)cc5c5ccccc45)cc3n(-c3ccccc3)c2c1.N#Cc1ccc2c3ccc(-c4cc5c6ccccc6c(-c6cccnc6)cc5c5ccccc45)cc3n(-c3ccccc3)c2c1. The van der Waals surface area contributed by atoms with Crippen LogP contribution in [0.3, 0.4) is 0 Å². The van der Waals surface area contributed by atoms with Crippen LogP contribution in [0.1, 0.15) is 16.7 Å². The monoisotopic (exact) mass is 1760 g/mol. The predicted molar refractivity (Wildman–Crippen MR) is 582 cm³/mol. The Labute approximate surface area is 800 Å². The Morgan fingerprint density at radius 2 is 0.410 bits per heavy atom. The van der Waals surface area contributed by atoms with E-state index in [-0.39, 0.29) is 0 Å². The predicted octanol–water partition coefficient (Wildman–Crippen LogP) is 34.9. The Hall–Kier alpha value is -19.1. The van der Waals surface area contributed by atoms with Crippen LogP contribution < -0.4 is 0 Å². The van der Waals surface area contributed by atoms with Crippen molar-refractivity contribution in [3.05, 3.63) is 496 Å². The van der Waals surface area contributed by atoms with Crippen molar-refractivity contribution in [2.75, 3.05) is 0 Å². The number of para-hydroxylation sites is 3. The van der Waals surface area contributed by atoms with Gasteiger partial charge in [-0.2, -0.15) is 15.8 Å². The fraction of sp³-hybridized carbons (Fsp3) is 0. The summed E-state index contributed by atoms with van der Waals surface area (Å²) >= 11 is 0. The fourth-order valence-electron chi connectivity index (χ4n) is 22.2. The van der Waals surface area contributed by atoms with Crippen LogP contribution in [0.2, 0.25) is 0 Å². The van der Waals surface area contributed by atoms with Crippen molar-refractivity contribution in [1.82, 2.24) is 18.7 Å². The molecule has 0 aliphatic rings. The first kappa shape index (κ1) is 80.7. The smallest absolute Gasteiger partial charge is 0.0992 e. The summed E-state index contributed by atoms with van der Waals surface area (Å²) in [6.07, 6.45) is 3.77. The van der Waals surface area contributed by atoms with Gasteiger partial charge in [-0.1, -0.05) is 334 Å². The van der Waals surface area contributed by atoms with Gasteiger partial charge >= 0.3 is 0 Å². The first-order valence-electron chi connectivity index (χ1n) is 47.0. The maximum atomic E-state index is 9.76. The van der Waals surface area contributed by atoms with E-state index in [0.717, 1.165) is 88.6 Å². The van der Waals surface area contributed by atoms with Crippen molar-refractivity contribution < 1.29 is 0 Å². The van der Waals surface area contributed by atoms with Gasteiger partial charge in [-0.05, 0) is 302 Å². The summed E-state index contributed by atoms with van der Waals surface area (Å²) < 4.78 is 6.87. The average molecular weight is 1760 g/mol. The molecule has 0 aliphatic heterocycles. The molecule has 0 saturated carbocycles. The van der Waals surface area contributed by atoms with Crippen LogP contribution in [0.15, 0.2) is 480 Å². The molecule has 7 heteroatoms. The molecule has 28 rings (SSSR count). The number of hydrogen-bond donors (Lipinski definition) is 0. The molecule has 0 spiro atoms. The molecule has 0 N–H and O–H groups in total. The third-order valence-corrected chi connectivity index (χ3v) is 28.4. The molecule has 139 heavy (non-hydrogen) atoms. The van der Waals surface area contributed by atoms with Gasteiger partial charge in [-0.3, -0.25) is 4.98 Å². The maximum absolute atomic E-state index is 9.76. The van der Waals surface area contributed by atoms with Crippen LogP contribution in [0.25, 0.3) is 257 Å². The van der Waals surface area contributed by atoms with Gasteiger partial charge in [0.15, 0.2) is 0 Å². The van der Waals surface area contributed by atoms with Gasteiger partial charge in [-0.25, -0.2) is 0 Å². The second kappa shape index (κ2) is 33.3. The minimum atomic E-state index is 0.653. The van der Waals surface area contributed by atoms with Gasteiger partial charge in [-0.15, -0.1) is 0 Å². The van der Waals surface area contributed by atoms with E-state index in [0.29, 0.717) is 16.7 Å². The Balaban J connectivity index is 0.000000108. The van der Waals surface area contributed by atoms with Crippen molar-refractivity contribution in [2.45, 2.75) is 0 Å². The van der Waals surface area contributed by atoms with Crippen LogP contribution in [-0.4, -0.2) is 18.7 Å². The van der Waals surface area contributed by atoms with Crippen molar-refractivity contribution >= 4 is 173 Å². The molecule has 0 amide bonds. The molecular weight excluding hydrogens is 1680 g/mol. The zero-order chi connectivity index (χ0) is 92.3. The molecular formula is C132H79N7. The molecule has 0 bridgehead atoms. The van der Waals surface area contributed by atoms with Gasteiger partial charge < -0.3 is 13.7 Å². The highest BCUT2D eigenvalue weighted by molar-refractivity contribution is 6.29. The summed E-state index contributed by atoms with van der Waals surface area (Å²) in [5.41, 5.74) is 26.0. The number of nitriles is 3. The second-order valence-corrected chi connectivity index (χ2v) is 36.0.